The van der Waals surface area contributed by atoms with Gasteiger partial charge in [-0.1, -0.05) is 0 Å². The van der Waals surface area contributed by atoms with Crippen molar-refractivity contribution in [3.05, 3.63) is 29.6 Å². The molecule has 30 heavy (non-hydrogen) atoms. The van der Waals surface area contributed by atoms with Gasteiger partial charge in [0.15, 0.2) is 0 Å². The number of rotatable bonds is 2. The van der Waals surface area contributed by atoms with Crippen LogP contribution in [0.5, 0.6) is 0 Å². The first-order chi connectivity index (χ1) is 14.3. The van der Waals surface area contributed by atoms with Gasteiger partial charge < -0.3 is 19.9 Å². The number of nitrogens with zero attached hydrogens (tertiary/aromatic N) is 3. The SMILES string of the molecule is O=C1COC2CCN(C(=O)N3CCC(Cc4ccc(C(F)(F)F)cn4)CC3)C[C@H]2N1. The summed E-state index contributed by atoms with van der Waals surface area (Å²) in [6.45, 7) is 2.35. The van der Waals surface area contributed by atoms with Crippen molar-refractivity contribution in [2.75, 3.05) is 32.8 Å². The summed E-state index contributed by atoms with van der Waals surface area (Å²) in [5, 5.41) is 2.90. The highest BCUT2D eigenvalue weighted by molar-refractivity contribution is 5.79. The van der Waals surface area contributed by atoms with E-state index in [2.05, 4.69) is 10.3 Å². The van der Waals surface area contributed by atoms with Crippen molar-refractivity contribution in [2.45, 2.75) is 44.0 Å². The third kappa shape index (κ3) is 4.69. The normalized spacial score (nSPS) is 25.6. The number of alkyl halides is 3. The van der Waals surface area contributed by atoms with Gasteiger partial charge in [-0.2, -0.15) is 13.2 Å². The van der Waals surface area contributed by atoms with Crippen LogP contribution in [0.2, 0.25) is 0 Å². The molecule has 0 spiro atoms. The number of piperidine rings is 2. The molecular weight excluding hydrogens is 401 g/mol. The molecule has 0 radical (unpaired) electrons. The number of aromatic nitrogens is 1. The number of likely N-dealkylation sites (tertiary alicyclic amines) is 2. The van der Waals surface area contributed by atoms with Gasteiger partial charge in [0, 0.05) is 38.1 Å². The number of halogens is 3. The van der Waals surface area contributed by atoms with Gasteiger partial charge in [0.2, 0.25) is 5.91 Å². The minimum absolute atomic E-state index is 0.0284. The second-order valence-corrected chi connectivity index (χ2v) is 8.21. The molecule has 164 valence electrons. The molecule has 0 bridgehead atoms. The molecule has 0 saturated carbocycles. The molecule has 1 unspecified atom stereocenters. The van der Waals surface area contributed by atoms with Gasteiger partial charge in [0.1, 0.15) is 6.61 Å². The Kier molecular flexibility index (Phi) is 5.86. The summed E-state index contributed by atoms with van der Waals surface area (Å²) in [4.78, 5) is 32.0. The average molecular weight is 426 g/mol. The van der Waals surface area contributed by atoms with Crippen molar-refractivity contribution < 1.29 is 27.5 Å². The molecule has 1 N–H and O–H groups in total. The summed E-state index contributed by atoms with van der Waals surface area (Å²) in [5.41, 5.74) is -0.0992. The maximum atomic E-state index is 12.9. The van der Waals surface area contributed by atoms with Crippen LogP contribution in [0, 0.1) is 5.92 Å². The molecular formula is C20H25F3N4O3. The zero-order valence-corrected chi connectivity index (χ0v) is 16.5. The number of carbonyl (C=O) groups is 2. The molecule has 2 atom stereocenters. The molecule has 1 aromatic heterocycles. The molecule has 3 fully saturated rings. The van der Waals surface area contributed by atoms with Crippen LogP contribution >= 0.6 is 0 Å². The van der Waals surface area contributed by atoms with Crippen LogP contribution in [0.1, 0.15) is 30.5 Å². The monoisotopic (exact) mass is 426 g/mol. The van der Waals surface area contributed by atoms with Crippen molar-refractivity contribution in [1.29, 1.82) is 0 Å². The van der Waals surface area contributed by atoms with E-state index in [9.17, 15) is 22.8 Å². The number of morpholine rings is 1. The quantitative estimate of drug-likeness (QED) is 0.786. The van der Waals surface area contributed by atoms with Crippen molar-refractivity contribution in [1.82, 2.24) is 20.1 Å². The Bertz CT molecular complexity index is 778. The number of ether oxygens (including phenoxy) is 1. The van der Waals surface area contributed by atoms with E-state index in [1.54, 1.807) is 4.90 Å². The smallest absolute Gasteiger partial charge is 0.366 e. The molecule has 10 heteroatoms. The van der Waals surface area contributed by atoms with Crippen molar-refractivity contribution >= 4 is 11.9 Å². The Labute approximate surface area is 172 Å². The molecule has 3 aliphatic rings. The highest BCUT2D eigenvalue weighted by Crippen LogP contribution is 2.29. The van der Waals surface area contributed by atoms with Crippen LogP contribution in [0.25, 0.3) is 0 Å². The number of amides is 3. The summed E-state index contributed by atoms with van der Waals surface area (Å²) in [5.74, 6) is 0.137. The zero-order chi connectivity index (χ0) is 21.3. The molecule has 0 aromatic carbocycles. The summed E-state index contributed by atoms with van der Waals surface area (Å²) in [6.07, 6.45) is -0.649. The molecule has 0 aliphatic carbocycles. The van der Waals surface area contributed by atoms with E-state index in [4.69, 9.17) is 4.74 Å². The van der Waals surface area contributed by atoms with Crippen LogP contribution < -0.4 is 5.32 Å². The first kappa shape index (κ1) is 20.9. The van der Waals surface area contributed by atoms with Gasteiger partial charge in [-0.05, 0) is 43.7 Å². The number of nitrogens with one attached hydrogen (secondary N) is 1. The van der Waals surface area contributed by atoms with Gasteiger partial charge in [0.25, 0.3) is 0 Å². The van der Waals surface area contributed by atoms with E-state index >= 15 is 0 Å². The fourth-order valence-electron chi connectivity index (χ4n) is 4.41. The molecule has 3 saturated heterocycles. The summed E-state index contributed by atoms with van der Waals surface area (Å²) in [7, 11) is 0. The van der Waals surface area contributed by atoms with Gasteiger partial charge in [-0.25, -0.2) is 4.79 Å². The van der Waals surface area contributed by atoms with Crippen molar-refractivity contribution in [2.24, 2.45) is 5.92 Å². The zero-order valence-electron chi connectivity index (χ0n) is 16.5. The maximum absolute atomic E-state index is 12.9. The van der Waals surface area contributed by atoms with Gasteiger partial charge in [-0.15, -0.1) is 0 Å². The molecule has 4 heterocycles. The third-order valence-electron chi connectivity index (χ3n) is 6.13. The first-order valence-corrected chi connectivity index (χ1v) is 10.3. The number of hydrogen-bond donors (Lipinski definition) is 1. The van der Waals surface area contributed by atoms with E-state index in [0.717, 1.165) is 25.1 Å². The number of carbonyl (C=O) groups excluding carboxylic acids is 2. The third-order valence-corrected chi connectivity index (χ3v) is 6.13. The summed E-state index contributed by atoms with van der Waals surface area (Å²) < 4.78 is 43.5. The van der Waals surface area contributed by atoms with Gasteiger partial charge >= 0.3 is 12.2 Å². The Balaban J connectivity index is 1.26. The van der Waals surface area contributed by atoms with Crippen LogP contribution in [0.4, 0.5) is 18.0 Å². The van der Waals surface area contributed by atoms with Crippen LogP contribution in [-0.4, -0.2) is 71.7 Å². The fourth-order valence-corrected chi connectivity index (χ4v) is 4.41. The van der Waals surface area contributed by atoms with E-state index in [1.165, 1.54) is 6.07 Å². The lowest BCUT2D eigenvalue weighted by Crippen LogP contribution is -2.62. The lowest BCUT2D eigenvalue weighted by atomic mass is 9.92. The Morgan fingerprint density at radius 1 is 1.17 bits per heavy atom. The van der Waals surface area contributed by atoms with E-state index < -0.39 is 11.7 Å². The predicted octanol–water partition coefficient (Wildman–Crippen LogP) is 2.06. The largest absolute Gasteiger partial charge is 0.417 e. The highest BCUT2D eigenvalue weighted by Gasteiger charge is 2.38. The van der Waals surface area contributed by atoms with Gasteiger partial charge in [-0.3, -0.25) is 9.78 Å². The molecule has 3 aliphatic heterocycles. The van der Waals surface area contributed by atoms with Crippen LogP contribution in [-0.2, 0) is 22.1 Å². The first-order valence-electron chi connectivity index (χ1n) is 10.3. The van der Waals surface area contributed by atoms with E-state index in [-0.39, 0.29) is 36.6 Å². The van der Waals surface area contributed by atoms with E-state index in [1.807, 2.05) is 4.90 Å². The maximum Gasteiger partial charge on any atom is 0.417 e. The average Bonchev–Trinajstić information content (AvgIpc) is 2.73. The molecule has 4 rings (SSSR count). The summed E-state index contributed by atoms with van der Waals surface area (Å²) in [6, 6.07) is 2.32. The minimum atomic E-state index is -4.38. The second-order valence-electron chi connectivity index (χ2n) is 8.21. The minimum Gasteiger partial charge on any atom is -0.366 e. The van der Waals surface area contributed by atoms with Gasteiger partial charge in [0.05, 0.1) is 17.7 Å². The standard InChI is InChI=1S/C20H25F3N4O3/c21-20(22,23)14-1-2-15(24-10-14)9-13-3-6-26(7-4-13)19(29)27-8-5-17-16(11-27)25-18(28)12-30-17/h1-2,10,13,16-17H,3-9,11-12H2,(H,25,28)/t16-,17?/m1/s1. The van der Waals surface area contributed by atoms with Crippen LogP contribution in [0.15, 0.2) is 18.3 Å². The molecule has 3 amide bonds. The number of pyridine rings is 1. The topological polar surface area (TPSA) is 74.8 Å². The molecule has 7 nitrogen and oxygen atoms in total. The number of fused-ring (bicyclic) bond motifs is 1. The lowest BCUT2D eigenvalue weighted by molar-refractivity contribution is -0.140. The second kappa shape index (κ2) is 8.41. The van der Waals surface area contributed by atoms with E-state index in [0.29, 0.717) is 44.7 Å². The molecule has 1 aromatic rings. The van der Waals surface area contributed by atoms with Crippen molar-refractivity contribution in [3.8, 4) is 0 Å². The lowest BCUT2D eigenvalue weighted by Gasteiger charge is -2.43. The highest BCUT2D eigenvalue weighted by atomic mass is 19.4. The van der Waals surface area contributed by atoms with Crippen LogP contribution in [0.3, 0.4) is 0 Å². The Morgan fingerprint density at radius 2 is 1.90 bits per heavy atom. The fraction of sp³-hybridized carbons (Fsp3) is 0.650. The number of hydrogen-bond acceptors (Lipinski definition) is 4. The Morgan fingerprint density at radius 3 is 2.57 bits per heavy atom. The Hall–Kier alpha value is -2.36. The van der Waals surface area contributed by atoms with Crippen molar-refractivity contribution in [3.63, 3.8) is 0 Å². The summed E-state index contributed by atoms with van der Waals surface area (Å²) >= 11 is 0. The predicted molar refractivity (Wildman–Crippen MR) is 100 cm³/mol. The number of urea groups is 1.